The molecule has 0 aliphatic carbocycles. The molecular formula is C18H16N2O3S. The Balaban J connectivity index is 1.49. The maximum Gasteiger partial charge on any atom is 0.258 e. The number of nitrogens with one attached hydrogen (secondary N) is 1. The van der Waals surface area contributed by atoms with Crippen molar-refractivity contribution >= 4 is 33.2 Å². The fraction of sp³-hybridized carbons (Fsp3) is 0.167. The molecule has 1 heterocycles. The second-order valence-corrected chi connectivity index (χ2v) is 6.34. The molecule has 1 aromatic heterocycles. The summed E-state index contributed by atoms with van der Waals surface area (Å²) in [5.74, 6) is 0.329. The van der Waals surface area contributed by atoms with Crippen LogP contribution in [0.2, 0.25) is 0 Å². The molecule has 0 spiro atoms. The molecular weight excluding hydrogens is 324 g/mol. The Hall–Kier alpha value is -2.73. The van der Waals surface area contributed by atoms with Crippen molar-refractivity contribution < 1.29 is 14.3 Å². The van der Waals surface area contributed by atoms with E-state index in [4.69, 9.17) is 4.74 Å². The van der Waals surface area contributed by atoms with Crippen LogP contribution in [0.15, 0.2) is 48.5 Å². The maximum atomic E-state index is 11.9. The third-order valence-corrected chi connectivity index (χ3v) is 4.44. The van der Waals surface area contributed by atoms with E-state index in [1.807, 2.05) is 24.3 Å². The zero-order valence-electron chi connectivity index (χ0n) is 13.1. The summed E-state index contributed by atoms with van der Waals surface area (Å²) in [4.78, 5) is 27.5. The fourth-order valence-corrected chi connectivity index (χ4v) is 3.06. The molecule has 2 aromatic carbocycles. The van der Waals surface area contributed by atoms with Crippen molar-refractivity contribution in [2.24, 2.45) is 0 Å². The van der Waals surface area contributed by atoms with Crippen LogP contribution in [0.4, 0.5) is 0 Å². The van der Waals surface area contributed by atoms with Crippen LogP contribution in [0.3, 0.4) is 0 Å². The van der Waals surface area contributed by atoms with Crippen molar-refractivity contribution in [1.82, 2.24) is 10.3 Å². The number of Topliss-reactive ketones (excluding diaryl/α,β-unsaturated/α-hetero) is 1. The van der Waals surface area contributed by atoms with Gasteiger partial charge in [0, 0.05) is 5.56 Å². The van der Waals surface area contributed by atoms with E-state index in [2.05, 4.69) is 10.3 Å². The molecule has 0 atom stereocenters. The van der Waals surface area contributed by atoms with Crippen molar-refractivity contribution in [3.8, 4) is 5.75 Å². The largest absolute Gasteiger partial charge is 0.484 e. The standard InChI is InChI=1S/C18H16N2O3S/c1-12(21)13-6-8-14(9-7-13)23-11-17(22)19-10-18-20-15-4-2-3-5-16(15)24-18/h2-9H,10-11H2,1H3,(H,19,22). The van der Waals surface area contributed by atoms with Crippen molar-refractivity contribution in [3.63, 3.8) is 0 Å². The van der Waals surface area contributed by atoms with E-state index < -0.39 is 0 Å². The van der Waals surface area contributed by atoms with Gasteiger partial charge >= 0.3 is 0 Å². The third kappa shape index (κ3) is 3.97. The Bertz CT molecular complexity index is 838. The quantitative estimate of drug-likeness (QED) is 0.700. The summed E-state index contributed by atoms with van der Waals surface area (Å²) in [6, 6.07) is 14.6. The van der Waals surface area contributed by atoms with Gasteiger partial charge in [-0.3, -0.25) is 9.59 Å². The smallest absolute Gasteiger partial charge is 0.258 e. The molecule has 1 amide bonds. The van der Waals surface area contributed by atoms with E-state index in [1.54, 1.807) is 35.6 Å². The summed E-state index contributed by atoms with van der Waals surface area (Å²) in [6.07, 6.45) is 0. The number of amides is 1. The van der Waals surface area contributed by atoms with E-state index in [-0.39, 0.29) is 18.3 Å². The number of nitrogens with zero attached hydrogens (tertiary/aromatic N) is 1. The predicted octanol–water partition coefficient (Wildman–Crippen LogP) is 3.19. The van der Waals surface area contributed by atoms with E-state index in [0.717, 1.165) is 15.2 Å². The van der Waals surface area contributed by atoms with Crippen LogP contribution >= 0.6 is 11.3 Å². The second-order valence-electron chi connectivity index (χ2n) is 5.22. The van der Waals surface area contributed by atoms with Crippen LogP contribution in [-0.2, 0) is 11.3 Å². The minimum atomic E-state index is -0.218. The van der Waals surface area contributed by atoms with Gasteiger partial charge in [-0.15, -0.1) is 11.3 Å². The molecule has 1 N–H and O–H groups in total. The van der Waals surface area contributed by atoms with Crippen LogP contribution in [0.5, 0.6) is 5.75 Å². The van der Waals surface area contributed by atoms with E-state index >= 15 is 0 Å². The predicted molar refractivity (Wildman–Crippen MR) is 93.4 cm³/mol. The average molecular weight is 340 g/mol. The highest BCUT2D eigenvalue weighted by Gasteiger charge is 2.07. The summed E-state index contributed by atoms with van der Waals surface area (Å²) in [6.45, 7) is 1.81. The Kier molecular flexibility index (Phi) is 4.86. The fourth-order valence-electron chi connectivity index (χ4n) is 2.16. The highest BCUT2D eigenvalue weighted by atomic mass is 32.1. The van der Waals surface area contributed by atoms with Crippen molar-refractivity contribution in [2.75, 3.05) is 6.61 Å². The third-order valence-electron chi connectivity index (χ3n) is 3.41. The minimum absolute atomic E-state index is 0.00451. The Morgan fingerprint density at radius 2 is 1.88 bits per heavy atom. The number of ketones is 1. The number of rotatable bonds is 6. The van der Waals surface area contributed by atoms with Gasteiger partial charge in [0.1, 0.15) is 10.8 Å². The van der Waals surface area contributed by atoms with Crippen LogP contribution < -0.4 is 10.1 Å². The molecule has 3 rings (SSSR count). The first kappa shape index (κ1) is 16.1. The Morgan fingerprint density at radius 3 is 2.58 bits per heavy atom. The summed E-state index contributed by atoms with van der Waals surface area (Å²) < 4.78 is 6.51. The molecule has 0 unspecified atom stereocenters. The van der Waals surface area contributed by atoms with Gasteiger partial charge in [0.2, 0.25) is 0 Å². The lowest BCUT2D eigenvalue weighted by Gasteiger charge is -2.07. The molecule has 24 heavy (non-hydrogen) atoms. The van der Waals surface area contributed by atoms with Gasteiger partial charge in [0.15, 0.2) is 12.4 Å². The number of ether oxygens (including phenoxy) is 1. The molecule has 5 nitrogen and oxygen atoms in total. The molecule has 6 heteroatoms. The summed E-state index contributed by atoms with van der Waals surface area (Å²) >= 11 is 1.56. The van der Waals surface area contributed by atoms with Crippen LogP contribution in [0, 0.1) is 0 Å². The molecule has 3 aromatic rings. The van der Waals surface area contributed by atoms with Crippen molar-refractivity contribution in [2.45, 2.75) is 13.5 Å². The maximum absolute atomic E-state index is 11.9. The molecule has 0 fully saturated rings. The van der Waals surface area contributed by atoms with E-state index in [9.17, 15) is 9.59 Å². The number of carbonyl (C=O) groups excluding carboxylic acids is 2. The van der Waals surface area contributed by atoms with Gasteiger partial charge in [-0.25, -0.2) is 4.98 Å². The summed E-state index contributed by atoms with van der Waals surface area (Å²) in [5, 5.41) is 3.65. The number of thiazole rings is 1. The van der Waals surface area contributed by atoms with Crippen molar-refractivity contribution in [3.05, 3.63) is 59.1 Å². The number of hydrogen-bond donors (Lipinski definition) is 1. The van der Waals surface area contributed by atoms with Gasteiger partial charge in [-0.2, -0.15) is 0 Å². The molecule has 0 radical (unpaired) electrons. The number of carbonyl (C=O) groups is 2. The molecule has 0 aliphatic rings. The normalized spacial score (nSPS) is 10.5. The lowest BCUT2D eigenvalue weighted by Crippen LogP contribution is -2.28. The monoisotopic (exact) mass is 340 g/mol. The molecule has 0 aliphatic heterocycles. The SMILES string of the molecule is CC(=O)c1ccc(OCC(=O)NCc2nc3ccccc3s2)cc1. The lowest BCUT2D eigenvalue weighted by molar-refractivity contribution is -0.123. The number of fused-ring (bicyclic) bond motifs is 1. The molecule has 122 valence electrons. The number of para-hydroxylation sites is 1. The number of aromatic nitrogens is 1. The van der Waals surface area contributed by atoms with E-state index in [0.29, 0.717) is 17.9 Å². The van der Waals surface area contributed by atoms with Gasteiger partial charge in [0.05, 0.1) is 16.8 Å². The molecule has 0 saturated carbocycles. The first-order valence-electron chi connectivity index (χ1n) is 7.47. The van der Waals surface area contributed by atoms with Gasteiger partial charge < -0.3 is 10.1 Å². The topological polar surface area (TPSA) is 68.3 Å². The number of benzene rings is 2. The number of hydrogen-bond acceptors (Lipinski definition) is 5. The second kappa shape index (κ2) is 7.23. The first-order chi connectivity index (χ1) is 11.6. The molecule has 0 bridgehead atoms. The highest BCUT2D eigenvalue weighted by molar-refractivity contribution is 7.18. The summed E-state index contributed by atoms with van der Waals surface area (Å²) in [5.41, 5.74) is 1.55. The highest BCUT2D eigenvalue weighted by Crippen LogP contribution is 2.21. The Labute approximate surface area is 143 Å². The molecule has 0 saturated heterocycles. The van der Waals surface area contributed by atoms with Gasteiger partial charge in [-0.05, 0) is 43.3 Å². The average Bonchev–Trinajstić information content (AvgIpc) is 3.01. The van der Waals surface area contributed by atoms with E-state index in [1.165, 1.54) is 6.92 Å². The van der Waals surface area contributed by atoms with Crippen LogP contribution in [0.1, 0.15) is 22.3 Å². The first-order valence-corrected chi connectivity index (χ1v) is 8.28. The van der Waals surface area contributed by atoms with Crippen LogP contribution in [-0.4, -0.2) is 23.3 Å². The van der Waals surface area contributed by atoms with Gasteiger partial charge in [0.25, 0.3) is 5.91 Å². The van der Waals surface area contributed by atoms with Crippen LogP contribution in [0.25, 0.3) is 10.2 Å². The Morgan fingerprint density at radius 1 is 1.12 bits per heavy atom. The summed E-state index contributed by atoms with van der Waals surface area (Å²) in [7, 11) is 0. The van der Waals surface area contributed by atoms with Gasteiger partial charge in [-0.1, -0.05) is 12.1 Å². The zero-order valence-corrected chi connectivity index (χ0v) is 13.9. The minimum Gasteiger partial charge on any atom is -0.484 e. The zero-order chi connectivity index (χ0) is 16.9. The van der Waals surface area contributed by atoms with Crippen molar-refractivity contribution in [1.29, 1.82) is 0 Å². The lowest BCUT2D eigenvalue weighted by atomic mass is 10.1.